The Morgan fingerprint density at radius 1 is 0.857 bits per heavy atom. The number of rotatable bonds is 3. The van der Waals surface area contributed by atoms with Crippen LogP contribution in [0.1, 0.15) is 79.3 Å². The molecule has 0 fully saturated rings. The quantitative estimate of drug-likeness (QED) is 0.557. The van der Waals surface area contributed by atoms with E-state index in [0.717, 1.165) is 19.8 Å². The first-order valence-corrected chi connectivity index (χ1v) is 10.8. The molecular weight excluding hydrogens is 396 g/mol. The normalized spacial score (nSPS) is 7.29. The lowest BCUT2D eigenvalue weighted by molar-refractivity contribution is -0.137. The van der Waals surface area contributed by atoms with Crippen LogP contribution in [0.2, 0.25) is 0 Å². The molecule has 2 aromatic heterocycles. The number of hydrogen-bond acceptors (Lipinski definition) is 6. The minimum Gasteiger partial charge on any atom is -0.481 e. The fourth-order valence-corrected chi connectivity index (χ4v) is 1.99. The zero-order valence-electron chi connectivity index (χ0n) is 17.9. The second kappa shape index (κ2) is 32.8. The van der Waals surface area contributed by atoms with Crippen LogP contribution in [0, 0.1) is 0 Å². The van der Waals surface area contributed by atoms with Gasteiger partial charge in [-0.3, -0.25) is 9.59 Å². The van der Waals surface area contributed by atoms with E-state index in [1.165, 1.54) is 10.0 Å². The molecule has 0 aliphatic heterocycles. The molecule has 2 aromatic rings. The van der Waals surface area contributed by atoms with Gasteiger partial charge in [0.25, 0.3) is 5.97 Å². The highest BCUT2D eigenvalue weighted by molar-refractivity contribution is 7.09. The van der Waals surface area contributed by atoms with Crippen LogP contribution in [0.15, 0.2) is 23.2 Å². The smallest absolute Gasteiger partial charge is 0.303 e. The fraction of sp³-hybridized carbons (Fsp3) is 0.600. The molecule has 2 rings (SSSR count). The molecule has 0 aliphatic rings. The van der Waals surface area contributed by atoms with Crippen LogP contribution in [0.25, 0.3) is 0 Å². The second-order valence-corrected chi connectivity index (χ2v) is 5.78. The molecule has 2 heterocycles. The van der Waals surface area contributed by atoms with E-state index in [1.807, 2.05) is 50.8 Å². The lowest BCUT2D eigenvalue weighted by Crippen LogP contribution is -1.86. The van der Waals surface area contributed by atoms with Gasteiger partial charge in [-0.1, -0.05) is 55.9 Å². The lowest BCUT2D eigenvalue weighted by Gasteiger charge is -1.77. The van der Waals surface area contributed by atoms with Crippen molar-refractivity contribution in [2.45, 2.75) is 82.1 Å². The number of aliphatic carboxylic acids is 2. The summed E-state index contributed by atoms with van der Waals surface area (Å²) >= 11 is 3.42. The largest absolute Gasteiger partial charge is 0.481 e. The molecule has 166 valence electrons. The second-order valence-electron chi connectivity index (χ2n) is 3.83. The highest BCUT2D eigenvalue weighted by Gasteiger charge is 1.85. The summed E-state index contributed by atoms with van der Waals surface area (Å²) in [5.74, 6) is -1.58. The van der Waals surface area contributed by atoms with Crippen molar-refractivity contribution in [1.29, 1.82) is 0 Å². The first kappa shape index (κ1) is 37.0. The van der Waals surface area contributed by atoms with Gasteiger partial charge < -0.3 is 10.2 Å². The number of aryl methyl sites for hydroxylation is 2. The van der Waals surface area contributed by atoms with Gasteiger partial charge in [0.2, 0.25) is 0 Å². The number of aromatic nitrogens is 2. The molecule has 28 heavy (non-hydrogen) atoms. The summed E-state index contributed by atoms with van der Waals surface area (Å²) in [5, 5.41) is 21.6. The lowest BCUT2D eigenvalue weighted by atomic mass is 10.5. The SMILES string of the molecule is C.CC.CC.CC(=O)O.CCC(=O)O.CCc1nccs1.CCc1nccs1. The van der Waals surface area contributed by atoms with Gasteiger partial charge in [0.15, 0.2) is 0 Å². The molecule has 0 unspecified atom stereocenters. The van der Waals surface area contributed by atoms with Gasteiger partial charge in [0.1, 0.15) is 0 Å². The van der Waals surface area contributed by atoms with Gasteiger partial charge in [0, 0.05) is 36.5 Å². The molecule has 0 aromatic carbocycles. The maximum Gasteiger partial charge on any atom is 0.303 e. The van der Waals surface area contributed by atoms with E-state index in [9.17, 15) is 4.79 Å². The number of carboxylic acids is 2. The number of thiazole rings is 2. The van der Waals surface area contributed by atoms with Crippen molar-refractivity contribution in [2.75, 3.05) is 0 Å². The Bertz CT molecular complexity index is 464. The molecule has 0 bridgehead atoms. The number of carboxylic acid groups (broad SMARTS) is 2. The predicted octanol–water partition coefficient (Wildman–Crippen LogP) is 6.67. The monoisotopic (exact) mass is 436 g/mol. The maximum absolute atomic E-state index is 9.37. The van der Waals surface area contributed by atoms with E-state index >= 15 is 0 Å². The van der Waals surface area contributed by atoms with Crippen molar-refractivity contribution in [3.63, 3.8) is 0 Å². The van der Waals surface area contributed by atoms with E-state index in [2.05, 4.69) is 23.8 Å². The standard InChI is InChI=1S/2C5H7NS.C3H6O2.C2H4O2.2C2H6.CH4/c2*1-2-5-6-3-4-7-5;1-2-3(4)5;1-2(3)4;2*1-2;/h2*3-4H,2H2,1H3;2H2,1H3,(H,4,5);1H3,(H,3,4);2*1-2H3;1H4. The topological polar surface area (TPSA) is 100 Å². The average molecular weight is 437 g/mol. The van der Waals surface area contributed by atoms with Gasteiger partial charge in [-0.25, -0.2) is 9.97 Å². The molecule has 0 atom stereocenters. The Labute approximate surface area is 179 Å². The molecule has 8 heteroatoms. The molecule has 0 amide bonds. The van der Waals surface area contributed by atoms with Crippen molar-refractivity contribution < 1.29 is 19.8 Å². The van der Waals surface area contributed by atoms with E-state index in [4.69, 9.17) is 15.0 Å². The summed E-state index contributed by atoms with van der Waals surface area (Å²) in [4.78, 5) is 26.5. The summed E-state index contributed by atoms with van der Waals surface area (Å²) < 4.78 is 0. The third kappa shape index (κ3) is 39.3. The van der Waals surface area contributed by atoms with Crippen LogP contribution in [-0.4, -0.2) is 32.1 Å². The molecular formula is C20H40N2O4S2. The zero-order valence-corrected chi connectivity index (χ0v) is 19.5. The summed E-state index contributed by atoms with van der Waals surface area (Å²) in [6.45, 7) is 14.9. The molecule has 0 spiro atoms. The summed E-state index contributed by atoms with van der Waals surface area (Å²) in [6.07, 6.45) is 6.03. The van der Waals surface area contributed by atoms with Crippen molar-refractivity contribution in [3.05, 3.63) is 33.2 Å². The highest BCUT2D eigenvalue weighted by atomic mass is 32.1. The maximum atomic E-state index is 9.37. The summed E-state index contributed by atoms with van der Waals surface area (Å²) in [5.41, 5.74) is 0. The molecule has 0 radical (unpaired) electrons. The van der Waals surface area contributed by atoms with Crippen LogP contribution in [0.4, 0.5) is 0 Å². The van der Waals surface area contributed by atoms with Gasteiger partial charge in [-0.05, 0) is 12.8 Å². The minimum absolute atomic E-state index is 0. The van der Waals surface area contributed by atoms with E-state index in [-0.39, 0.29) is 13.8 Å². The molecule has 2 N–H and O–H groups in total. The van der Waals surface area contributed by atoms with Gasteiger partial charge in [0.05, 0.1) is 10.0 Å². The Hall–Kier alpha value is -1.80. The van der Waals surface area contributed by atoms with E-state index in [0.29, 0.717) is 0 Å². The Morgan fingerprint density at radius 3 is 1.18 bits per heavy atom. The van der Waals surface area contributed by atoms with Crippen molar-refractivity contribution >= 4 is 34.6 Å². The number of nitrogens with zero attached hydrogens (tertiary/aromatic N) is 2. The zero-order chi connectivity index (χ0) is 22.1. The van der Waals surface area contributed by atoms with Crippen molar-refractivity contribution in [2.24, 2.45) is 0 Å². The van der Waals surface area contributed by atoms with Gasteiger partial charge in [-0.2, -0.15) is 0 Å². The molecule has 0 saturated carbocycles. The summed E-state index contributed by atoms with van der Waals surface area (Å²) in [6, 6.07) is 0. The average Bonchev–Trinajstić information content (AvgIpc) is 3.39. The van der Waals surface area contributed by atoms with Crippen molar-refractivity contribution in [1.82, 2.24) is 9.97 Å². The van der Waals surface area contributed by atoms with Crippen LogP contribution in [0.5, 0.6) is 0 Å². The van der Waals surface area contributed by atoms with Crippen LogP contribution < -0.4 is 0 Å². The first-order valence-electron chi connectivity index (χ1n) is 9.05. The Balaban J connectivity index is -0.0000000799. The predicted molar refractivity (Wildman–Crippen MR) is 124 cm³/mol. The van der Waals surface area contributed by atoms with Crippen LogP contribution in [-0.2, 0) is 22.4 Å². The highest BCUT2D eigenvalue weighted by Crippen LogP contribution is 2.03. The van der Waals surface area contributed by atoms with Gasteiger partial charge in [-0.15, -0.1) is 22.7 Å². The van der Waals surface area contributed by atoms with Crippen molar-refractivity contribution in [3.8, 4) is 0 Å². The van der Waals surface area contributed by atoms with Gasteiger partial charge >= 0.3 is 5.97 Å². The molecule has 0 saturated heterocycles. The molecule has 6 nitrogen and oxygen atoms in total. The minimum atomic E-state index is -0.833. The Morgan fingerprint density at radius 2 is 1.11 bits per heavy atom. The van der Waals surface area contributed by atoms with Crippen LogP contribution in [0.3, 0.4) is 0 Å². The van der Waals surface area contributed by atoms with E-state index in [1.54, 1.807) is 29.6 Å². The first-order chi connectivity index (χ1) is 12.9. The molecule has 0 aliphatic carbocycles. The summed E-state index contributed by atoms with van der Waals surface area (Å²) in [7, 11) is 0. The van der Waals surface area contributed by atoms with Crippen LogP contribution >= 0.6 is 22.7 Å². The number of hydrogen-bond donors (Lipinski definition) is 2. The van der Waals surface area contributed by atoms with E-state index < -0.39 is 11.9 Å². The number of carbonyl (C=O) groups is 2. The third-order valence-corrected chi connectivity index (χ3v) is 3.72. The Kier molecular flexibility index (Phi) is 43.4. The third-order valence-electron chi connectivity index (χ3n) is 1.87. The fourth-order valence-electron chi connectivity index (χ4n) is 0.855.